The second kappa shape index (κ2) is 9.99. The molecule has 158 valence electrons. The SMILES string of the molecule is CCN(CC)S(=O)(=O)c1ccc([C@@H](C)NCC(=O)NC(=O)NC(C)(C)C)cc1. The van der Waals surface area contributed by atoms with Crippen LogP contribution in [0.4, 0.5) is 4.79 Å². The van der Waals surface area contributed by atoms with Gasteiger partial charge in [0.25, 0.3) is 0 Å². The molecule has 0 aliphatic carbocycles. The molecule has 1 atom stereocenters. The number of benzene rings is 1. The highest BCUT2D eigenvalue weighted by Gasteiger charge is 2.21. The van der Waals surface area contributed by atoms with E-state index in [1.807, 2.05) is 27.7 Å². The molecule has 0 fully saturated rings. The Balaban J connectivity index is 2.65. The number of sulfonamides is 1. The Labute approximate surface area is 168 Å². The predicted molar refractivity (Wildman–Crippen MR) is 109 cm³/mol. The van der Waals surface area contributed by atoms with Crippen LogP contribution in [-0.2, 0) is 14.8 Å². The second-order valence-electron chi connectivity index (χ2n) is 7.51. The monoisotopic (exact) mass is 412 g/mol. The molecule has 9 heteroatoms. The first-order chi connectivity index (χ1) is 12.9. The van der Waals surface area contributed by atoms with Crippen molar-refractivity contribution in [3.05, 3.63) is 29.8 Å². The summed E-state index contributed by atoms with van der Waals surface area (Å²) in [6.07, 6.45) is 0. The lowest BCUT2D eigenvalue weighted by atomic mass is 10.1. The van der Waals surface area contributed by atoms with Gasteiger partial charge < -0.3 is 10.6 Å². The van der Waals surface area contributed by atoms with Gasteiger partial charge in [-0.15, -0.1) is 0 Å². The minimum Gasteiger partial charge on any atom is -0.333 e. The maximum Gasteiger partial charge on any atom is 0.321 e. The zero-order chi connectivity index (χ0) is 21.5. The third-order valence-electron chi connectivity index (χ3n) is 4.03. The Morgan fingerprint density at radius 1 is 1.07 bits per heavy atom. The molecule has 3 amide bonds. The van der Waals surface area contributed by atoms with Crippen molar-refractivity contribution < 1.29 is 18.0 Å². The zero-order valence-electron chi connectivity index (χ0n) is 17.5. The van der Waals surface area contributed by atoms with E-state index in [0.29, 0.717) is 13.1 Å². The molecule has 0 saturated heterocycles. The van der Waals surface area contributed by atoms with Crippen molar-refractivity contribution in [1.82, 2.24) is 20.3 Å². The van der Waals surface area contributed by atoms with E-state index >= 15 is 0 Å². The molecule has 28 heavy (non-hydrogen) atoms. The maximum atomic E-state index is 12.5. The predicted octanol–water partition coefficient (Wildman–Crippen LogP) is 1.99. The molecule has 3 N–H and O–H groups in total. The number of hydrogen-bond acceptors (Lipinski definition) is 5. The number of hydrogen-bond donors (Lipinski definition) is 3. The van der Waals surface area contributed by atoms with Crippen LogP contribution >= 0.6 is 0 Å². The quantitative estimate of drug-likeness (QED) is 0.605. The minimum absolute atomic E-state index is 0.0434. The molecule has 0 bridgehead atoms. The highest BCUT2D eigenvalue weighted by molar-refractivity contribution is 7.89. The van der Waals surface area contributed by atoms with Gasteiger partial charge in [-0.25, -0.2) is 13.2 Å². The number of urea groups is 1. The molecule has 1 rings (SSSR count). The largest absolute Gasteiger partial charge is 0.333 e. The lowest BCUT2D eigenvalue weighted by molar-refractivity contribution is -0.119. The number of imide groups is 1. The highest BCUT2D eigenvalue weighted by Crippen LogP contribution is 2.19. The standard InChI is InChI=1S/C19H32N4O4S/c1-7-23(8-2)28(26,27)16-11-9-15(10-12-16)14(3)20-13-17(24)21-18(25)22-19(4,5)6/h9-12,14,20H,7-8,13H2,1-6H3,(H2,21,22,24,25)/t14-/m1/s1. The van der Waals surface area contributed by atoms with E-state index in [4.69, 9.17) is 0 Å². The summed E-state index contributed by atoms with van der Waals surface area (Å²) < 4.78 is 26.4. The van der Waals surface area contributed by atoms with Gasteiger partial charge >= 0.3 is 6.03 Å². The van der Waals surface area contributed by atoms with Crippen molar-refractivity contribution in [2.75, 3.05) is 19.6 Å². The average molecular weight is 413 g/mol. The number of nitrogens with one attached hydrogen (secondary N) is 3. The van der Waals surface area contributed by atoms with E-state index < -0.39 is 27.5 Å². The van der Waals surface area contributed by atoms with Gasteiger partial charge in [0.2, 0.25) is 15.9 Å². The minimum atomic E-state index is -3.49. The van der Waals surface area contributed by atoms with E-state index in [0.717, 1.165) is 5.56 Å². The summed E-state index contributed by atoms with van der Waals surface area (Å²) in [6.45, 7) is 11.7. The molecule has 1 aromatic rings. The molecular formula is C19H32N4O4S. The van der Waals surface area contributed by atoms with Crippen LogP contribution in [0.15, 0.2) is 29.2 Å². The molecule has 0 radical (unpaired) electrons. The first-order valence-electron chi connectivity index (χ1n) is 9.36. The zero-order valence-corrected chi connectivity index (χ0v) is 18.3. The van der Waals surface area contributed by atoms with Gasteiger partial charge in [0, 0.05) is 24.7 Å². The van der Waals surface area contributed by atoms with Crippen LogP contribution in [-0.4, -0.2) is 49.8 Å². The van der Waals surface area contributed by atoms with Crippen molar-refractivity contribution in [1.29, 1.82) is 0 Å². The molecule has 0 heterocycles. The summed E-state index contributed by atoms with van der Waals surface area (Å²) in [6, 6.07) is 5.84. The van der Waals surface area contributed by atoms with Crippen molar-refractivity contribution in [3.8, 4) is 0 Å². The Hall–Kier alpha value is -1.97. The van der Waals surface area contributed by atoms with Crippen LogP contribution in [0.3, 0.4) is 0 Å². The Bertz CT molecular complexity index is 766. The summed E-state index contributed by atoms with van der Waals surface area (Å²) >= 11 is 0. The Kier molecular flexibility index (Phi) is 8.59. The van der Waals surface area contributed by atoms with Gasteiger partial charge in [0.1, 0.15) is 0 Å². The summed E-state index contributed by atoms with van der Waals surface area (Å²) in [5.74, 6) is -0.450. The van der Waals surface area contributed by atoms with Crippen molar-refractivity contribution in [2.45, 2.75) is 58.0 Å². The van der Waals surface area contributed by atoms with Crippen molar-refractivity contribution in [3.63, 3.8) is 0 Å². The molecule has 0 unspecified atom stereocenters. The maximum absolute atomic E-state index is 12.5. The Morgan fingerprint density at radius 3 is 2.07 bits per heavy atom. The van der Waals surface area contributed by atoms with Crippen molar-refractivity contribution >= 4 is 22.0 Å². The van der Waals surface area contributed by atoms with E-state index in [2.05, 4.69) is 16.0 Å². The lowest BCUT2D eigenvalue weighted by Gasteiger charge is -2.21. The van der Waals surface area contributed by atoms with Crippen LogP contribution in [0, 0.1) is 0 Å². The number of rotatable bonds is 8. The first-order valence-corrected chi connectivity index (χ1v) is 10.8. The molecular weight excluding hydrogens is 380 g/mol. The molecule has 0 aliphatic heterocycles. The molecule has 0 spiro atoms. The fraction of sp³-hybridized carbons (Fsp3) is 0.579. The number of carbonyl (C=O) groups excluding carboxylic acids is 2. The number of carbonyl (C=O) groups is 2. The summed E-state index contributed by atoms with van der Waals surface area (Å²) in [4.78, 5) is 23.8. The van der Waals surface area contributed by atoms with Crippen LogP contribution in [0.5, 0.6) is 0 Å². The normalized spacial score (nSPS) is 13.2. The van der Waals surface area contributed by atoms with Crippen LogP contribution in [0.25, 0.3) is 0 Å². The molecule has 0 saturated carbocycles. The van der Waals surface area contributed by atoms with Gasteiger partial charge in [-0.1, -0.05) is 26.0 Å². The summed E-state index contributed by atoms with van der Waals surface area (Å²) in [7, 11) is -3.49. The fourth-order valence-corrected chi connectivity index (χ4v) is 4.01. The Morgan fingerprint density at radius 2 is 1.61 bits per heavy atom. The summed E-state index contributed by atoms with van der Waals surface area (Å²) in [5.41, 5.74) is 0.406. The van der Waals surface area contributed by atoms with Crippen LogP contribution in [0.1, 0.15) is 53.1 Å². The van der Waals surface area contributed by atoms with Gasteiger partial charge in [0.15, 0.2) is 0 Å². The van der Waals surface area contributed by atoms with Gasteiger partial charge in [0.05, 0.1) is 11.4 Å². The van der Waals surface area contributed by atoms with Crippen molar-refractivity contribution in [2.24, 2.45) is 0 Å². The van der Waals surface area contributed by atoms with E-state index in [9.17, 15) is 18.0 Å². The smallest absolute Gasteiger partial charge is 0.321 e. The van der Waals surface area contributed by atoms with E-state index in [-0.39, 0.29) is 17.5 Å². The van der Waals surface area contributed by atoms with Gasteiger partial charge in [-0.3, -0.25) is 10.1 Å². The molecule has 1 aromatic carbocycles. The first kappa shape index (κ1) is 24.1. The molecule has 0 aliphatic rings. The van der Waals surface area contributed by atoms with Crippen LogP contribution < -0.4 is 16.0 Å². The van der Waals surface area contributed by atoms with Gasteiger partial charge in [-0.2, -0.15) is 4.31 Å². The number of nitrogens with zero attached hydrogens (tertiary/aromatic N) is 1. The lowest BCUT2D eigenvalue weighted by Crippen LogP contribution is -2.50. The average Bonchev–Trinajstić information content (AvgIpc) is 2.58. The van der Waals surface area contributed by atoms with Crippen LogP contribution in [0.2, 0.25) is 0 Å². The fourth-order valence-electron chi connectivity index (χ4n) is 2.55. The molecule has 8 nitrogen and oxygen atoms in total. The topological polar surface area (TPSA) is 108 Å². The second-order valence-corrected chi connectivity index (χ2v) is 9.45. The summed E-state index contributed by atoms with van der Waals surface area (Å²) in [5, 5.41) is 7.93. The highest BCUT2D eigenvalue weighted by atomic mass is 32.2. The van der Waals surface area contributed by atoms with E-state index in [1.165, 1.54) is 4.31 Å². The third-order valence-corrected chi connectivity index (χ3v) is 6.10. The third kappa shape index (κ3) is 7.21. The van der Waals surface area contributed by atoms with E-state index in [1.54, 1.807) is 38.1 Å². The van der Waals surface area contributed by atoms with Gasteiger partial charge in [-0.05, 0) is 45.4 Å². The molecule has 0 aromatic heterocycles. The number of amides is 3.